The molecule has 0 radical (unpaired) electrons. The van der Waals surface area contributed by atoms with Crippen molar-refractivity contribution in [3.8, 4) is 29.4 Å². The maximum atomic E-state index is 11.7. The van der Waals surface area contributed by atoms with Gasteiger partial charge in [-0.25, -0.2) is 9.59 Å². The van der Waals surface area contributed by atoms with Gasteiger partial charge in [0.1, 0.15) is 12.4 Å². The SMILES string of the molecule is CCOC(Cc1ccc(SCC=C(C)C#Cc2ccc(C#CC(C)=CCOc3ccc(C(C)(OCC)C(=O)O)cc3)cc2)cc1)C(=O)O. The van der Waals surface area contributed by atoms with Crippen LogP contribution >= 0.6 is 11.8 Å². The largest absolute Gasteiger partial charge is 0.490 e. The normalized spacial score (nSPS) is 13.3. The van der Waals surface area contributed by atoms with Crippen LogP contribution in [0.3, 0.4) is 0 Å². The van der Waals surface area contributed by atoms with Crippen molar-refractivity contribution in [3.63, 3.8) is 0 Å². The molecule has 2 N–H and O–H groups in total. The number of rotatable bonds is 15. The molecule has 0 heterocycles. The van der Waals surface area contributed by atoms with Crippen molar-refractivity contribution in [1.29, 1.82) is 0 Å². The van der Waals surface area contributed by atoms with Crippen LogP contribution in [0, 0.1) is 23.7 Å². The van der Waals surface area contributed by atoms with Gasteiger partial charge in [-0.05, 0) is 111 Å². The molecule has 7 nitrogen and oxygen atoms in total. The number of carboxylic acid groups (broad SMARTS) is 2. The van der Waals surface area contributed by atoms with Crippen LogP contribution in [-0.2, 0) is 31.1 Å². The van der Waals surface area contributed by atoms with Gasteiger partial charge in [-0.15, -0.1) is 11.8 Å². The Kier molecular flexibility index (Phi) is 15.1. The summed E-state index contributed by atoms with van der Waals surface area (Å²) in [7, 11) is 0. The number of benzene rings is 3. The molecule has 48 heavy (non-hydrogen) atoms. The van der Waals surface area contributed by atoms with Crippen molar-refractivity contribution in [2.24, 2.45) is 0 Å². The van der Waals surface area contributed by atoms with E-state index in [0.29, 0.717) is 30.9 Å². The molecule has 3 rings (SSSR count). The molecular formula is C40H42O7S. The van der Waals surface area contributed by atoms with Crippen molar-refractivity contribution < 1.29 is 34.0 Å². The number of allylic oxidation sites excluding steroid dienone is 2. The maximum Gasteiger partial charge on any atom is 0.340 e. The van der Waals surface area contributed by atoms with Gasteiger partial charge in [-0.2, -0.15) is 0 Å². The molecule has 3 aromatic rings. The lowest BCUT2D eigenvalue weighted by Gasteiger charge is -2.25. The molecule has 0 aliphatic carbocycles. The second kappa shape index (κ2) is 19.2. The van der Waals surface area contributed by atoms with Crippen LogP contribution in [0.4, 0.5) is 0 Å². The van der Waals surface area contributed by atoms with Crippen LogP contribution in [0.1, 0.15) is 56.9 Å². The van der Waals surface area contributed by atoms with Crippen molar-refractivity contribution >= 4 is 23.7 Å². The van der Waals surface area contributed by atoms with Gasteiger partial charge in [0.25, 0.3) is 0 Å². The van der Waals surface area contributed by atoms with Gasteiger partial charge in [-0.3, -0.25) is 0 Å². The third-order valence-electron chi connectivity index (χ3n) is 7.21. The highest BCUT2D eigenvalue weighted by Gasteiger charge is 2.35. The van der Waals surface area contributed by atoms with Crippen molar-refractivity contribution in [2.45, 2.75) is 57.6 Å². The lowest BCUT2D eigenvalue weighted by Crippen LogP contribution is -2.35. The van der Waals surface area contributed by atoms with Crippen LogP contribution in [0.15, 0.2) is 101 Å². The van der Waals surface area contributed by atoms with Gasteiger partial charge in [0.2, 0.25) is 0 Å². The summed E-state index contributed by atoms with van der Waals surface area (Å²) in [5.41, 5.74) is 3.71. The Labute approximate surface area is 288 Å². The van der Waals surface area contributed by atoms with Gasteiger partial charge in [-0.1, -0.05) is 54.0 Å². The molecule has 250 valence electrons. The van der Waals surface area contributed by atoms with Crippen molar-refractivity contribution in [2.75, 3.05) is 25.6 Å². The molecule has 0 aromatic heterocycles. The molecule has 0 amide bonds. The Morgan fingerprint density at radius 3 is 1.94 bits per heavy atom. The Morgan fingerprint density at radius 2 is 1.42 bits per heavy atom. The molecule has 2 atom stereocenters. The standard InChI is InChI=1S/C40H42O7S/c1-6-45-37(38(41)42)28-33-16-22-36(23-17-33)48-27-25-30(4)9-11-32-14-12-31(13-15-32)10-8-29(3)24-26-46-35-20-18-34(19-21-35)40(5,39(43)44)47-7-2/h12-25,37H,6-7,26-28H2,1-5H3,(H,41,42)(H,43,44). The fourth-order valence-electron chi connectivity index (χ4n) is 4.39. The topological polar surface area (TPSA) is 102 Å². The number of ether oxygens (including phenoxy) is 3. The van der Waals surface area contributed by atoms with E-state index in [0.717, 1.165) is 38.5 Å². The van der Waals surface area contributed by atoms with E-state index < -0.39 is 23.6 Å². The summed E-state index contributed by atoms with van der Waals surface area (Å²) in [5, 5.41) is 18.9. The van der Waals surface area contributed by atoms with E-state index in [1.807, 2.05) is 68.5 Å². The van der Waals surface area contributed by atoms with E-state index in [1.54, 1.807) is 56.8 Å². The summed E-state index contributed by atoms with van der Waals surface area (Å²) < 4.78 is 16.6. The third-order valence-corrected chi connectivity index (χ3v) is 8.14. The van der Waals surface area contributed by atoms with E-state index in [2.05, 4.69) is 29.8 Å². The van der Waals surface area contributed by atoms with E-state index in [4.69, 9.17) is 14.2 Å². The predicted molar refractivity (Wildman–Crippen MR) is 190 cm³/mol. The minimum absolute atomic E-state index is 0.290. The fraction of sp³-hybridized carbons (Fsp3) is 0.300. The third kappa shape index (κ3) is 12.1. The fourth-order valence-corrected chi connectivity index (χ4v) is 5.24. The lowest BCUT2D eigenvalue weighted by molar-refractivity contribution is -0.164. The second-order valence-electron chi connectivity index (χ2n) is 10.9. The Hall–Kier alpha value is -4.73. The summed E-state index contributed by atoms with van der Waals surface area (Å²) >= 11 is 1.69. The molecule has 0 spiro atoms. The van der Waals surface area contributed by atoms with E-state index in [-0.39, 0.29) is 6.61 Å². The zero-order chi connectivity index (χ0) is 34.9. The minimum atomic E-state index is -1.40. The number of carboxylic acids is 2. The molecule has 0 aliphatic rings. The summed E-state index contributed by atoms with van der Waals surface area (Å²) in [5.74, 6) is 12.1. The van der Waals surface area contributed by atoms with Gasteiger partial charge in [0.05, 0.1) is 0 Å². The number of carbonyl (C=O) groups is 2. The van der Waals surface area contributed by atoms with Gasteiger partial charge in [0.15, 0.2) is 11.7 Å². The number of hydrogen-bond acceptors (Lipinski definition) is 6. The maximum absolute atomic E-state index is 11.7. The first-order chi connectivity index (χ1) is 23.0. The zero-order valence-electron chi connectivity index (χ0n) is 28.0. The lowest BCUT2D eigenvalue weighted by atomic mass is 9.96. The number of hydrogen-bond donors (Lipinski definition) is 2. The Balaban J connectivity index is 1.46. The minimum Gasteiger partial charge on any atom is -0.490 e. The van der Waals surface area contributed by atoms with Crippen LogP contribution in [0.25, 0.3) is 0 Å². The molecule has 0 aliphatic heterocycles. The molecule has 2 unspecified atom stereocenters. The Bertz CT molecular complexity index is 1700. The van der Waals surface area contributed by atoms with Gasteiger partial charge < -0.3 is 24.4 Å². The molecule has 3 aromatic carbocycles. The van der Waals surface area contributed by atoms with Crippen molar-refractivity contribution in [3.05, 3.63) is 118 Å². The zero-order valence-corrected chi connectivity index (χ0v) is 28.9. The molecule has 0 bridgehead atoms. The summed E-state index contributed by atoms with van der Waals surface area (Å²) in [6.45, 7) is 9.99. The van der Waals surface area contributed by atoms with Crippen LogP contribution in [0.2, 0.25) is 0 Å². The first kappa shape index (κ1) is 37.7. The monoisotopic (exact) mass is 666 g/mol. The van der Waals surface area contributed by atoms with Crippen LogP contribution in [-0.4, -0.2) is 53.8 Å². The van der Waals surface area contributed by atoms with Gasteiger partial charge >= 0.3 is 11.9 Å². The average molecular weight is 667 g/mol. The summed E-state index contributed by atoms with van der Waals surface area (Å²) in [4.78, 5) is 24.1. The van der Waals surface area contributed by atoms with E-state index in [9.17, 15) is 19.8 Å². The number of thioether (sulfide) groups is 1. The highest BCUT2D eigenvalue weighted by molar-refractivity contribution is 7.99. The molecule has 0 saturated carbocycles. The number of aliphatic carboxylic acids is 2. The summed E-state index contributed by atoms with van der Waals surface area (Å²) in [6.07, 6.45) is 3.50. The molecular weight excluding hydrogens is 625 g/mol. The molecule has 0 fully saturated rings. The Morgan fingerprint density at radius 1 is 0.833 bits per heavy atom. The smallest absolute Gasteiger partial charge is 0.340 e. The van der Waals surface area contributed by atoms with Crippen LogP contribution < -0.4 is 4.74 Å². The molecule has 8 heteroatoms. The van der Waals surface area contributed by atoms with Crippen LogP contribution in [0.5, 0.6) is 5.75 Å². The first-order valence-electron chi connectivity index (χ1n) is 15.7. The quantitative estimate of drug-likeness (QED) is 0.127. The van der Waals surface area contributed by atoms with Gasteiger partial charge in [0, 0.05) is 41.4 Å². The second-order valence-corrected chi connectivity index (χ2v) is 12.0. The van der Waals surface area contributed by atoms with Crippen molar-refractivity contribution in [1.82, 2.24) is 0 Å². The summed E-state index contributed by atoms with van der Waals surface area (Å²) in [6, 6.07) is 22.6. The highest BCUT2D eigenvalue weighted by atomic mass is 32.2. The predicted octanol–water partition coefficient (Wildman–Crippen LogP) is 7.52. The average Bonchev–Trinajstić information content (AvgIpc) is 3.07. The molecule has 0 saturated heterocycles. The highest BCUT2D eigenvalue weighted by Crippen LogP contribution is 2.27. The van der Waals surface area contributed by atoms with E-state index >= 15 is 0 Å². The van der Waals surface area contributed by atoms with E-state index in [1.165, 1.54) is 0 Å². The first-order valence-corrected chi connectivity index (χ1v) is 16.7.